The van der Waals surface area contributed by atoms with Crippen molar-refractivity contribution >= 4 is 38.5 Å². The van der Waals surface area contributed by atoms with E-state index in [4.69, 9.17) is 0 Å². The summed E-state index contributed by atoms with van der Waals surface area (Å²) in [5, 5.41) is 11.3. The molecule has 1 aromatic heterocycles. The lowest BCUT2D eigenvalue weighted by atomic mass is 10.1. The van der Waals surface area contributed by atoms with Crippen LogP contribution in [0.1, 0.15) is 13.8 Å². The number of nitrogens with zero attached hydrogens (tertiary/aromatic N) is 2. The lowest BCUT2D eigenvalue weighted by Crippen LogP contribution is -2.21. The van der Waals surface area contributed by atoms with Crippen LogP contribution >= 0.6 is 0 Å². The molecule has 0 saturated heterocycles. The second kappa shape index (κ2) is 5.77. The van der Waals surface area contributed by atoms with Crippen molar-refractivity contribution in [3.63, 3.8) is 0 Å². The van der Waals surface area contributed by atoms with Crippen molar-refractivity contribution < 1.29 is 5.11 Å². The van der Waals surface area contributed by atoms with Crippen LogP contribution < -0.4 is 10.3 Å². The van der Waals surface area contributed by atoms with Gasteiger partial charge in [-0.15, -0.1) is 0 Å². The molecule has 1 heterocycles. The summed E-state index contributed by atoms with van der Waals surface area (Å²) < 4.78 is 0. The van der Waals surface area contributed by atoms with Gasteiger partial charge in [0.2, 0.25) is 0 Å². The number of anilines is 1. The number of aromatic nitrogens is 2. The van der Waals surface area contributed by atoms with E-state index in [-0.39, 0.29) is 11.2 Å². The minimum Gasteiger partial charge on any atom is -0.507 e. The monoisotopic (exact) mass is 333 g/mol. The number of hydrogen-bond acceptors (Lipinski definition) is 4. The Labute approximate surface area is 144 Å². The highest BCUT2D eigenvalue weighted by Crippen LogP contribution is 2.30. The average Bonchev–Trinajstić information content (AvgIpc) is 2.61. The Morgan fingerprint density at radius 3 is 2.64 bits per heavy atom. The number of fused-ring (bicyclic) bond motifs is 4. The molecule has 0 spiro atoms. The molecule has 4 aromatic rings. The van der Waals surface area contributed by atoms with Crippen molar-refractivity contribution in [1.82, 2.24) is 9.97 Å². The Morgan fingerprint density at radius 1 is 1.08 bits per heavy atom. The maximum absolute atomic E-state index is 12.3. The van der Waals surface area contributed by atoms with Gasteiger partial charge in [-0.05, 0) is 38.1 Å². The molecule has 0 bridgehead atoms. The van der Waals surface area contributed by atoms with Gasteiger partial charge >= 0.3 is 0 Å². The summed E-state index contributed by atoms with van der Waals surface area (Å²) in [6, 6.07) is 12.6. The molecular weight excluding hydrogens is 314 g/mol. The molecule has 0 fully saturated rings. The van der Waals surface area contributed by atoms with E-state index >= 15 is 0 Å². The molecule has 0 unspecified atom stereocenters. The maximum atomic E-state index is 12.3. The fraction of sp³-hybridized carbons (Fsp3) is 0.200. The van der Waals surface area contributed by atoms with Crippen molar-refractivity contribution in [1.29, 1.82) is 0 Å². The fourth-order valence-electron chi connectivity index (χ4n) is 3.39. The van der Waals surface area contributed by atoms with Gasteiger partial charge in [0.25, 0.3) is 0 Å². The van der Waals surface area contributed by atoms with Crippen LogP contribution in [0, 0.1) is 0 Å². The second-order valence-electron chi connectivity index (χ2n) is 6.08. The van der Waals surface area contributed by atoms with Gasteiger partial charge in [0.1, 0.15) is 5.75 Å². The van der Waals surface area contributed by atoms with Crippen LogP contribution in [0.2, 0.25) is 0 Å². The highest BCUT2D eigenvalue weighted by atomic mass is 16.3. The lowest BCUT2D eigenvalue weighted by Gasteiger charge is -2.21. The number of H-pyrrole nitrogens is 1. The summed E-state index contributed by atoms with van der Waals surface area (Å²) in [4.78, 5) is 22.6. The number of rotatable bonds is 3. The van der Waals surface area contributed by atoms with Gasteiger partial charge < -0.3 is 15.0 Å². The standard InChI is InChI=1S/C20H19N3O2/c1-3-23(4-2)12-8-9-14-15(10-12)21-16-11-18(25)13-6-5-7-17(24)19(13)20(16)22-14/h5-11,22,25H,3-4H2,1-2H3. The molecule has 5 heteroatoms. The van der Waals surface area contributed by atoms with Crippen LogP contribution in [0.15, 0.2) is 47.3 Å². The topological polar surface area (TPSA) is 69.2 Å². The molecule has 5 nitrogen and oxygen atoms in total. The van der Waals surface area contributed by atoms with Crippen molar-refractivity contribution in [3.8, 4) is 5.75 Å². The Kier molecular flexibility index (Phi) is 3.57. The zero-order valence-electron chi connectivity index (χ0n) is 14.2. The molecule has 0 atom stereocenters. The third-order valence-corrected chi connectivity index (χ3v) is 4.69. The Balaban J connectivity index is 2.07. The zero-order valence-corrected chi connectivity index (χ0v) is 14.2. The van der Waals surface area contributed by atoms with Gasteiger partial charge in [0.15, 0.2) is 5.43 Å². The molecule has 0 aliphatic carbocycles. The van der Waals surface area contributed by atoms with E-state index in [9.17, 15) is 9.90 Å². The van der Waals surface area contributed by atoms with E-state index in [0.717, 1.165) is 29.8 Å². The second-order valence-corrected chi connectivity index (χ2v) is 6.08. The van der Waals surface area contributed by atoms with Gasteiger partial charge in [-0.1, -0.05) is 12.1 Å². The smallest absolute Gasteiger partial charge is 0.188 e. The molecule has 25 heavy (non-hydrogen) atoms. The van der Waals surface area contributed by atoms with Crippen molar-refractivity contribution in [2.75, 3.05) is 18.0 Å². The molecule has 0 aliphatic heterocycles. The van der Waals surface area contributed by atoms with Crippen LogP contribution in [0.4, 0.5) is 5.69 Å². The molecule has 0 amide bonds. The van der Waals surface area contributed by atoms with E-state index in [1.54, 1.807) is 18.2 Å². The predicted octanol–water partition coefficient (Wildman–Crippen LogP) is 3.78. The van der Waals surface area contributed by atoms with E-state index < -0.39 is 0 Å². The summed E-state index contributed by atoms with van der Waals surface area (Å²) >= 11 is 0. The van der Waals surface area contributed by atoms with E-state index in [1.165, 1.54) is 6.07 Å². The average molecular weight is 333 g/mol. The zero-order chi connectivity index (χ0) is 17.6. The predicted molar refractivity (Wildman–Crippen MR) is 103 cm³/mol. The number of hydrogen-bond donors (Lipinski definition) is 2. The molecule has 126 valence electrons. The number of nitrogens with one attached hydrogen (secondary N) is 1. The molecule has 4 rings (SSSR count). The summed E-state index contributed by atoms with van der Waals surface area (Å²) in [7, 11) is 0. The van der Waals surface area contributed by atoms with Crippen LogP contribution in [-0.4, -0.2) is 28.2 Å². The number of aromatic hydroxyl groups is 1. The first-order valence-corrected chi connectivity index (χ1v) is 8.45. The largest absolute Gasteiger partial charge is 0.507 e. The van der Waals surface area contributed by atoms with Gasteiger partial charge in [0, 0.05) is 30.2 Å². The molecule has 0 aliphatic rings. The van der Waals surface area contributed by atoms with Crippen molar-refractivity contribution in [3.05, 3.63) is 52.7 Å². The van der Waals surface area contributed by atoms with E-state index in [2.05, 4.69) is 34.8 Å². The van der Waals surface area contributed by atoms with E-state index in [0.29, 0.717) is 21.8 Å². The molecule has 0 radical (unpaired) electrons. The maximum Gasteiger partial charge on any atom is 0.188 e. The first-order valence-electron chi connectivity index (χ1n) is 8.45. The molecule has 2 N–H and O–H groups in total. The normalized spacial score (nSPS) is 11.4. The number of benzene rings is 3. The number of aromatic amines is 1. The highest BCUT2D eigenvalue weighted by molar-refractivity contribution is 6.08. The van der Waals surface area contributed by atoms with Gasteiger partial charge in [0.05, 0.1) is 27.5 Å². The van der Waals surface area contributed by atoms with Crippen molar-refractivity contribution in [2.45, 2.75) is 13.8 Å². The van der Waals surface area contributed by atoms with Crippen LogP contribution in [-0.2, 0) is 0 Å². The lowest BCUT2D eigenvalue weighted by molar-refractivity contribution is 0.482. The first-order chi connectivity index (χ1) is 12.1. The third kappa shape index (κ3) is 2.39. The summed E-state index contributed by atoms with van der Waals surface area (Å²) in [6.07, 6.45) is 0. The van der Waals surface area contributed by atoms with E-state index in [1.807, 2.05) is 12.1 Å². The molecule has 0 saturated carbocycles. The minimum absolute atomic E-state index is 0.0698. The van der Waals surface area contributed by atoms with Gasteiger partial charge in [-0.2, -0.15) is 0 Å². The van der Waals surface area contributed by atoms with Crippen LogP contribution in [0.25, 0.3) is 32.8 Å². The van der Waals surface area contributed by atoms with Crippen LogP contribution in [0.3, 0.4) is 0 Å². The molecule has 3 aromatic carbocycles. The number of phenolic OH excluding ortho intramolecular Hbond substituents is 1. The van der Waals surface area contributed by atoms with Gasteiger partial charge in [-0.25, -0.2) is 4.98 Å². The Hall–Kier alpha value is -3.08. The summed E-state index contributed by atoms with van der Waals surface area (Å²) in [6.45, 7) is 6.08. The first kappa shape index (κ1) is 15.4. The summed E-state index contributed by atoms with van der Waals surface area (Å²) in [5.41, 5.74) is 3.87. The van der Waals surface area contributed by atoms with Crippen LogP contribution in [0.5, 0.6) is 5.75 Å². The SMILES string of the molecule is CCN(CC)c1ccc2[nH]c3c(cc(O)c4cccc(=O)c43)nc2c1. The fourth-order valence-corrected chi connectivity index (χ4v) is 3.39. The van der Waals surface area contributed by atoms with Gasteiger partial charge in [-0.3, -0.25) is 4.79 Å². The third-order valence-electron chi connectivity index (χ3n) is 4.69. The molecular formula is C20H19N3O2. The Morgan fingerprint density at radius 2 is 1.88 bits per heavy atom. The Bertz CT molecular complexity index is 1160. The number of phenols is 1. The highest BCUT2D eigenvalue weighted by Gasteiger charge is 2.12. The quantitative estimate of drug-likeness (QED) is 0.442. The minimum atomic E-state index is -0.129. The summed E-state index contributed by atoms with van der Waals surface area (Å²) in [5.74, 6) is 0.0698. The van der Waals surface area contributed by atoms with Crippen molar-refractivity contribution in [2.24, 2.45) is 0 Å².